The van der Waals surface area contributed by atoms with Crippen molar-refractivity contribution >= 4 is 16.0 Å². The zero-order valence-electron chi connectivity index (χ0n) is 10.00. The number of sulfonamides is 1. The molecule has 0 unspecified atom stereocenters. The molecule has 104 valence electrons. The van der Waals surface area contributed by atoms with E-state index in [0.29, 0.717) is 0 Å². The van der Waals surface area contributed by atoms with Gasteiger partial charge in [0, 0.05) is 18.3 Å². The van der Waals surface area contributed by atoms with Crippen LogP contribution in [0.2, 0.25) is 0 Å². The zero-order chi connectivity index (χ0) is 14.0. The molecule has 1 aliphatic carbocycles. The Morgan fingerprint density at radius 1 is 1.53 bits per heavy atom. The fourth-order valence-electron chi connectivity index (χ4n) is 1.85. The van der Waals surface area contributed by atoms with Crippen LogP contribution in [0.5, 0.6) is 0 Å². The van der Waals surface area contributed by atoms with E-state index in [4.69, 9.17) is 5.11 Å². The topological polar surface area (TPSA) is 116 Å². The molecule has 3 N–H and O–H groups in total. The van der Waals surface area contributed by atoms with Crippen molar-refractivity contribution in [3.05, 3.63) is 28.7 Å². The highest BCUT2D eigenvalue weighted by Gasteiger charge is 2.35. The molecule has 0 radical (unpaired) electrons. The summed E-state index contributed by atoms with van der Waals surface area (Å²) in [5.41, 5.74) is -0.524. The third kappa shape index (κ3) is 3.65. The summed E-state index contributed by atoms with van der Waals surface area (Å²) in [5, 5.41) is 8.78. The van der Waals surface area contributed by atoms with Crippen LogP contribution in [0.3, 0.4) is 0 Å². The van der Waals surface area contributed by atoms with E-state index in [1.807, 2.05) is 0 Å². The molecule has 1 aromatic heterocycles. The molecule has 1 fully saturated rings. The van der Waals surface area contributed by atoms with Crippen LogP contribution in [0.25, 0.3) is 0 Å². The summed E-state index contributed by atoms with van der Waals surface area (Å²) in [6.45, 7) is 0. The second kappa shape index (κ2) is 5.14. The van der Waals surface area contributed by atoms with Crippen molar-refractivity contribution in [2.24, 2.45) is 5.92 Å². The van der Waals surface area contributed by atoms with E-state index >= 15 is 0 Å². The van der Waals surface area contributed by atoms with E-state index in [-0.39, 0.29) is 17.2 Å². The van der Waals surface area contributed by atoms with Gasteiger partial charge in [0.15, 0.2) is 0 Å². The van der Waals surface area contributed by atoms with Gasteiger partial charge >= 0.3 is 5.97 Å². The normalized spacial score (nSPS) is 17.1. The molecule has 1 saturated carbocycles. The van der Waals surface area contributed by atoms with Crippen molar-refractivity contribution in [2.45, 2.75) is 30.2 Å². The average Bonchev–Trinajstić information content (AvgIpc) is 3.11. The van der Waals surface area contributed by atoms with Crippen molar-refractivity contribution in [1.82, 2.24) is 9.71 Å². The van der Waals surface area contributed by atoms with Gasteiger partial charge < -0.3 is 10.1 Å². The van der Waals surface area contributed by atoms with Gasteiger partial charge in [0.1, 0.15) is 0 Å². The summed E-state index contributed by atoms with van der Waals surface area (Å²) in [6.07, 6.45) is 2.61. The maximum atomic E-state index is 12.1. The van der Waals surface area contributed by atoms with Crippen molar-refractivity contribution in [1.29, 1.82) is 0 Å². The Morgan fingerprint density at radius 3 is 2.74 bits per heavy atom. The number of nitrogens with one attached hydrogen (secondary N) is 2. The SMILES string of the molecule is O=C(O)C[C@H](NS(=O)(=O)c1cc[nH]c(=O)c1)C1CC1. The van der Waals surface area contributed by atoms with Crippen molar-refractivity contribution in [3.63, 3.8) is 0 Å². The van der Waals surface area contributed by atoms with Crippen LogP contribution in [-0.4, -0.2) is 30.5 Å². The third-order valence-corrected chi connectivity index (χ3v) is 4.44. The third-order valence-electron chi connectivity index (χ3n) is 2.95. The number of hydrogen-bond donors (Lipinski definition) is 3. The van der Waals surface area contributed by atoms with E-state index in [2.05, 4.69) is 9.71 Å². The van der Waals surface area contributed by atoms with E-state index in [1.54, 1.807) is 0 Å². The minimum absolute atomic E-state index is 0.0628. The lowest BCUT2D eigenvalue weighted by atomic mass is 10.1. The average molecular weight is 286 g/mol. The molecule has 1 heterocycles. The number of H-pyrrole nitrogens is 1. The lowest BCUT2D eigenvalue weighted by molar-refractivity contribution is -0.137. The van der Waals surface area contributed by atoms with Crippen molar-refractivity contribution < 1.29 is 18.3 Å². The maximum absolute atomic E-state index is 12.1. The van der Waals surface area contributed by atoms with Gasteiger partial charge in [-0.25, -0.2) is 13.1 Å². The van der Waals surface area contributed by atoms with E-state index in [9.17, 15) is 18.0 Å². The van der Waals surface area contributed by atoms with Gasteiger partial charge in [0.2, 0.25) is 15.6 Å². The van der Waals surface area contributed by atoms with E-state index in [0.717, 1.165) is 18.9 Å². The van der Waals surface area contributed by atoms with Gasteiger partial charge in [-0.1, -0.05) is 0 Å². The molecule has 0 bridgehead atoms. The maximum Gasteiger partial charge on any atom is 0.304 e. The van der Waals surface area contributed by atoms with Crippen LogP contribution >= 0.6 is 0 Å². The molecule has 1 atom stereocenters. The Hall–Kier alpha value is -1.67. The van der Waals surface area contributed by atoms with Crippen LogP contribution in [0.15, 0.2) is 28.0 Å². The summed E-state index contributed by atoms with van der Waals surface area (Å²) in [7, 11) is -3.87. The second-order valence-corrected chi connectivity index (χ2v) is 6.27. The minimum atomic E-state index is -3.87. The lowest BCUT2D eigenvalue weighted by Gasteiger charge is -2.16. The van der Waals surface area contributed by atoms with Crippen LogP contribution < -0.4 is 10.3 Å². The molecule has 0 aliphatic heterocycles. The van der Waals surface area contributed by atoms with Crippen LogP contribution in [0.1, 0.15) is 19.3 Å². The quantitative estimate of drug-likeness (QED) is 0.675. The number of aromatic nitrogens is 1. The van der Waals surface area contributed by atoms with Crippen LogP contribution in [0.4, 0.5) is 0 Å². The first-order valence-electron chi connectivity index (χ1n) is 5.81. The number of carbonyl (C=O) groups is 1. The predicted molar refractivity (Wildman–Crippen MR) is 66.1 cm³/mol. The molecule has 1 aromatic rings. The van der Waals surface area contributed by atoms with Gasteiger partial charge in [-0.15, -0.1) is 0 Å². The Kier molecular flexibility index (Phi) is 3.72. The molecule has 0 aromatic carbocycles. The van der Waals surface area contributed by atoms with Gasteiger partial charge in [0.05, 0.1) is 11.3 Å². The first kappa shape index (κ1) is 13.8. The highest BCUT2D eigenvalue weighted by atomic mass is 32.2. The lowest BCUT2D eigenvalue weighted by Crippen LogP contribution is -2.38. The fraction of sp³-hybridized carbons (Fsp3) is 0.455. The monoisotopic (exact) mass is 286 g/mol. The van der Waals surface area contributed by atoms with E-state index < -0.39 is 27.6 Å². The first-order chi connectivity index (χ1) is 8.88. The summed E-state index contributed by atoms with van der Waals surface area (Å²) in [6, 6.07) is 1.60. The summed E-state index contributed by atoms with van der Waals surface area (Å²) in [5.74, 6) is -0.988. The number of aromatic amines is 1. The number of rotatable bonds is 6. The zero-order valence-corrected chi connectivity index (χ0v) is 10.8. The molecule has 0 amide bonds. The van der Waals surface area contributed by atoms with Crippen LogP contribution in [-0.2, 0) is 14.8 Å². The number of pyridine rings is 1. The Bertz CT molecular complexity index is 632. The smallest absolute Gasteiger partial charge is 0.304 e. The van der Waals surface area contributed by atoms with Crippen LogP contribution in [0, 0.1) is 5.92 Å². The molecule has 0 spiro atoms. The van der Waals surface area contributed by atoms with Gasteiger partial charge in [-0.05, 0) is 24.8 Å². The standard InChI is InChI=1S/C11H14N2O5S/c14-10-5-8(3-4-12-10)19(17,18)13-9(6-11(15)16)7-1-2-7/h3-5,7,9,13H,1-2,6H2,(H,12,14)(H,15,16)/t9-/m0/s1. The fourth-order valence-corrected chi connectivity index (χ4v) is 3.17. The highest BCUT2D eigenvalue weighted by Crippen LogP contribution is 2.34. The summed E-state index contributed by atoms with van der Waals surface area (Å²) in [4.78, 5) is 24.0. The Labute approximate surface area is 109 Å². The Balaban J connectivity index is 2.19. The number of carboxylic acid groups (broad SMARTS) is 1. The summed E-state index contributed by atoms with van der Waals surface area (Å²) < 4.78 is 26.5. The van der Waals surface area contributed by atoms with E-state index in [1.165, 1.54) is 12.3 Å². The van der Waals surface area contributed by atoms with Crippen molar-refractivity contribution in [3.8, 4) is 0 Å². The minimum Gasteiger partial charge on any atom is -0.481 e. The predicted octanol–water partition coefficient (Wildman–Crippen LogP) is -0.0935. The van der Waals surface area contributed by atoms with Crippen molar-refractivity contribution in [2.75, 3.05) is 0 Å². The molecular formula is C11H14N2O5S. The van der Waals surface area contributed by atoms with Gasteiger partial charge in [-0.3, -0.25) is 9.59 Å². The van der Waals surface area contributed by atoms with Gasteiger partial charge in [-0.2, -0.15) is 0 Å². The number of hydrogen-bond acceptors (Lipinski definition) is 4. The van der Waals surface area contributed by atoms with Gasteiger partial charge in [0.25, 0.3) is 0 Å². The Morgan fingerprint density at radius 2 is 2.21 bits per heavy atom. The molecule has 0 saturated heterocycles. The molecule has 2 rings (SSSR count). The highest BCUT2D eigenvalue weighted by molar-refractivity contribution is 7.89. The second-order valence-electron chi connectivity index (χ2n) is 4.55. The number of aliphatic carboxylic acids is 1. The largest absolute Gasteiger partial charge is 0.481 e. The molecular weight excluding hydrogens is 272 g/mol. The molecule has 1 aliphatic rings. The molecule has 8 heteroatoms. The molecule has 7 nitrogen and oxygen atoms in total. The molecule has 19 heavy (non-hydrogen) atoms. The first-order valence-corrected chi connectivity index (χ1v) is 7.29. The summed E-state index contributed by atoms with van der Waals surface area (Å²) >= 11 is 0. The number of carboxylic acids is 1.